The number of nitrogens with zero attached hydrogens (tertiary/aromatic N) is 2. The molecule has 6 nitrogen and oxygen atoms in total. The average Bonchev–Trinajstić information content (AvgIpc) is 3.47. The van der Waals surface area contributed by atoms with Gasteiger partial charge in [0, 0.05) is 18.5 Å². The van der Waals surface area contributed by atoms with Crippen LogP contribution >= 0.6 is 0 Å². The molecule has 1 heterocycles. The zero-order valence-corrected chi connectivity index (χ0v) is 14.6. The van der Waals surface area contributed by atoms with E-state index in [4.69, 9.17) is 4.74 Å². The molecule has 1 aromatic carbocycles. The van der Waals surface area contributed by atoms with Gasteiger partial charge in [-0.15, -0.1) is 0 Å². The lowest BCUT2D eigenvalue weighted by Gasteiger charge is -2.15. The van der Waals surface area contributed by atoms with Crippen molar-refractivity contribution in [2.75, 3.05) is 13.7 Å². The molecule has 0 spiro atoms. The van der Waals surface area contributed by atoms with E-state index in [1.807, 2.05) is 24.3 Å². The molecule has 1 aromatic heterocycles. The maximum absolute atomic E-state index is 12.4. The number of amides is 1. The van der Waals surface area contributed by atoms with Gasteiger partial charge >= 0.3 is 0 Å². The highest BCUT2D eigenvalue weighted by Crippen LogP contribution is 2.38. The molecule has 1 amide bonds. The van der Waals surface area contributed by atoms with E-state index < -0.39 is 6.04 Å². The second kappa shape index (κ2) is 7.51. The van der Waals surface area contributed by atoms with Crippen molar-refractivity contribution in [2.24, 2.45) is 0 Å². The molecule has 2 aromatic rings. The van der Waals surface area contributed by atoms with Crippen LogP contribution in [0.15, 0.2) is 41.2 Å². The van der Waals surface area contributed by atoms with Crippen LogP contribution in [-0.2, 0) is 11.2 Å². The fourth-order valence-electron chi connectivity index (χ4n) is 2.73. The molecule has 1 saturated carbocycles. The Kier molecular flexibility index (Phi) is 5.16. The maximum Gasteiger partial charge on any atom is 0.267 e. The summed E-state index contributed by atoms with van der Waals surface area (Å²) >= 11 is 0. The van der Waals surface area contributed by atoms with Gasteiger partial charge in [-0.3, -0.25) is 9.59 Å². The second-order valence-electron chi connectivity index (χ2n) is 6.38. The zero-order chi connectivity index (χ0) is 17.8. The summed E-state index contributed by atoms with van der Waals surface area (Å²) in [6.07, 6.45) is 2.90. The molecule has 0 saturated heterocycles. The molecule has 6 heteroatoms. The van der Waals surface area contributed by atoms with Gasteiger partial charge in [-0.05, 0) is 49.9 Å². The van der Waals surface area contributed by atoms with Gasteiger partial charge in [-0.2, -0.15) is 5.10 Å². The summed E-state index contributed by atoms with van der Waals surface area (Å²) in [6, 6.07) is 10.4. The third-order valence-electron chi connectivity index (χ3n) is 4.43. The van der Waals surface area contributed by atoms with Crippen molar-refractivity contribution in [3.05, 3.63) is 58.0 Å². The maximum atomic E-state index is 12.4. The van der Waals surface area contributed by atoms with Gasteiger partial charge in [-0.25, -0.2) is 4.68 Å². The highest BCUT2D eigenvalue weighted by atomic mass is 16.5. The van der Waals surface area contributed by atoms with Gasteiger partial charge < -0.3 is 10.1 Å². The number of carbonyl (C=O) groups excluding carboxylic acids is 1. The lowest BCUT2D eigenvalue weighted by Crippen LogP contribution is -2.38. The molecule has 0 aliphatic heterocycles. The first-order valence-corrected chi connectivity index (χ1v) is 8.59. The zero-order valence-electron chi connectivity index (χ0n) is 14.6. The van der Waals surface area contributed by atoms with Crippen LogP contribution in [0.2, 0.25) is 0 Å². The SMILES string of the molecule is COc1cccc(CCNC(=O)C(C)n2nc(C3CC3)ccc2=O)c1. The number of aromatic nitrogens is 2. The van der Waals surface area contributed by atoms with E-state index in [0.717, 1.165) is 29.8 Å². The Balaban J connectivity index is 1.59. The number of rotatable bonds is 7. The van der Waals surface area contributed by atoms with Crippen LogP contribution in [0.3, 0.4) is 0 Å². The lowest BCUT2D eigenvalue weighted by molar-refractivity contribution is -0.124. The fourth-order valence-corrected chi connectivity index (χ4v) is 2.73. The van der Waals surface area contributed by atoms with E-state index in [-0.39, 0.29) is 11.5 Å². The van der Waals surface area contributed by atoms with Gasteiger partial charge in [0.1, 0.15) is 11.8 Å². The standard InChI is InChI=1S/C19H23N3O3/c1-13(22-18(23)9-8-17(21-22)15-6-7-15)19(24)20-11-10-14-4-3-5-16(12-14)25-2/h3-5,8-9,12-13,15H,6-7,10-11H2,1-2H3,(H,20,24). The molecule has 25 heavy (non-hydrogen) atoms. The molecule has 0 bridgehead atoms. The summed E-state index contributed by atoms with van der Waals surface area (Å²) in [7, 11) is 1.63. The predicted octanol–water partition coefficient (Wildman–Crippen LogP) is 2.05. The van der Waals surface area contributed by atoms with E-state index in [1.165, 1.54) is 10.7 Å². The number of benzene rings is 1. The Morgan fingerprint density at radius 3 is 2.88 bits per heavy atom. The fraction of sp³-hybridized carbons (Fsp3) is 0.421. The normalized spacial score (nSPS) is 14.8. The molecule has 1 atom stereocenters. The van der Waals surface area contributed by atoms with Crippen molar-refractivity contribution in [3.63, 3.8) is 0 Å². The molecule has 1 aliphatic carbocycles. The van der Waals surface area contributed by atoms with Crippen LogP contribution < -0.4 is 15.6 Å². The number of hydrogen-bond acceptors (Lipinski definition) is 4. The first kappa shape index (κ1) is 17.2. The Morgan fingerprint density at radius 2 is 2.16 bits per heavy atom. The number of carbonyl (C=O) groups is 1. The van der Waals surface area contributed by atoms with Gasteiger partial charge in [-0.1, -0.05) is 12.1 Å². The highest BCUT2D eigenvalue weighted by molar-refractivity contribution is 5.79. The average molecular weight is 341 g/mol. The van der Waals surface area contributed by atoms with E-state index in [0.29, 0.717) is 18.9 Å². The highest BCUT2D eigenvalue weighted by Gasteiger charge is 2.27. The Morgan fingerprint density at radius 1 is 1.36 bits per heavy atom. The van der Waals surface area contributed by atoms with Crippen LogP contribution in [0.25, 0.3) is 0 Å². The second-order valence-corrected chi connectivity index (χ2v) is 6.38. The molecule has 1 fully saturated rings. The van der Waals surface area contributed by atoms with Crippen molar-refractivity contribution < 1.29 is 9.53 Å². The minimum Gasteiger partial charge on any atom is -0.497 e. The number of ether oxygens (including phenoxy) is 1. The monoisotopic (exact) mass is 341 g/mol. The molecular formula is C19H23N3O3. The Bertz CT molecular complexity index is 812. The van der Waals surface area contributed by atoms with E-state index in [2.05, 4.69) is 10.4 Å². The van der Waals surface area contributed by atoms with Crippen LogP contribution in [-0.4, -0.2) is 29.3 Å². The van der Waals surface area contributed by atoms with Gasteiger partial charge in [0.15, 0.2) is 0 Å². The van der Waals surface area contributed by atoms with Crippen molar-refractivity contribution in [1.82, 2.24) is 15.1 Å². The van der Waals surface area contributed by atoms with E-state index in [9.17, 15) is 9.59 Å². The predicted molar refractivity (Wildman–Crippen MR) is 94.9 cm³/mol. The topological polar surface area (TPSA) is 73.2 Å². The summed E-state index contributed by atoms with van der Waals surface area (Å²) in [5, 5.41) is 7.25. The minimum absolute atomic E-state index is 0.203. The van der Waals surface area contributed by atoms with Crippen LogP contribution in [0.5, 0.6) is 5.75 Å². The van der Waals surface area contributed by atoms with Crippen LogP contribution in [0, 0.1) is 0 Å². The van der Waals surface area contributed by atoms with Crippen molar-refractivity contribution in [3.8, 4) is 5.75 Å². The summed E-state index contributed by atoms with van der Waals surface area (Å²) in [5.41, 5.74) is 1.73. The summed E-state index contributed by atoms with van der Waals surface area (Å²) < 4.78 is 6.48. The van der Waals surface area contributed by atoms with Crippen molar-refractivity contribution in [2.45, 2.75) is 38.1 Å². The molecular weight excluding hydrogens is 318 g/mol. The summed E-state index contributed by atoms with van der Waals surface area (Å²) in [5.74, 6) is 1.03. The first-order valence-electron chi connectivity index (χ1n) is 8.59. The quantitative estimate of drug-likeness (QED) is 0.836. The summed E-state index contributed by atoms with van der Waals surface area (Å²) in [6.45, 7) is 2.19. The molecule has 3 rings (SSSR count). The van der Waals surface area contributed by atoms with Gasteiger partial charge in [0.25, 0.3) is 5.56 Å². The number of hydrogen-bond donors (Lipinski definition) is 1. The largest absolute Gasteiger partial charge is 0.497 e. The molecule has 132 valence electrons. The van der Waals surface area contributed by atoms with E-state index in [1.54, 1.807) is 20.1 Å². The Labute approximate surface area is 146 Å². The first-order chi connectivity index (χ1) is 12.1. The third-order valence-corrected chi connectivity index (χ3v) is 4.43. The molecule has 0 radical (unpaired) electrons. The molecule has 1 N–H and O–H groups in total. The Hall–Kier alpha value is -2.63. The van der Waals surface area contributed by atoms with Crippen molar-refractivity contribution in [1.29, 1.82) is 0 Å². The van der Waals surface area contributed by atoms with E-state index >= 15 is 0 Å². The van der Waals surface area contributed by atoms with Crippen LogP contribution in [0.4, 0.5) is 0 Å². The van der Waals surface area contributed by atoms with Gasteiger partial charge in [0.2, 0.25) is 5.91 Å². The number of nitrogens with one attached hydrogen (secondary N) is 1. The van der Waals surface area contributed by atoms with Gasteiger partial charge in [0.05, 0.1) is 12.8 Å². The van der Waals surface area contributed by atoms with Crippen molar-refractivity contribution >= 4 is 5.91 Å². The molecule has 1 unspecified atom stereocenters. The third kappa shape index (κ3) is 4.26. The summed E-state index contributed by atoms with van der Waals surface area (Å²) in [4.78, 5) is 24.4. The van der Waals surface area contributed by atoms with Crippen LogP contribution in [0.1, 0.15) is 43.0 Å². The number of methoxy groups -OCH3 is 1. The molecule has 1 aliphatic rings. The lowest BCUT2D eigenvalue weighted by atomic mass is 10.1. The smallest absolute Gasteiger partial charge is 0.267 e. The minimum atomic E-state index is -0.628.